The lowest BCUT2D eigenvalue weighted by Crippen LogP contribution is -2.61. The molecule has 446 valence electrons. The molecule has 2 heterocycles. The van der Waals surface area contributed by atoms with E-state index in [1.165, 1.54) is 218 Å². The Morgan fingerprint density at radius 2 is 0.707 bits per heavy atom. The molecule has 0 saturated carbocycles. The zero-order valence-corrected chi connectivity index (χ0v) is 48.1. The predicted molar refractivity (Wildman–Crippen MR) is 298 cm³/mol. The standard InChI is InChI=1S/C61H118O14/c1-3-5-7-9-11-13-15-17-19-21-23-24-25-26-28-30-32-34-36-38-40-42-44-53(63)73-50(47-70-45-43-41-39-37-35-33-31-29-27-22-20-18-16-14-12-10-8-6-4-2)48-71-60-59(69)57(67)55(65)52(75-60)49-72-61-58(68)56(66)54(64)51(46-62)74-61/h50-52,54-62,64-69H,3-49H2,1-2H3. The summed E-state index contributed by atoms with van der Waals surface area (Å²) >= 11 is 0. The average Bonchev–Trinajstić information content (AvgIpc) is 3.41. The van der Waals surface area contributed by atoms with E-state index in [0.29, 0.717) is 6.61 Å². The van der Waals surface area contributed by atoms with Gasteiger partial charge in [0.25, 0.3) is 0 Å². The molecule has 2 aliphatic rings. The Morgan fingerprint density at radius 3 is 1.08 bits per heavy atom. The number of rotatable bonds is 53. The van der Waals surface area contributed by atoms with Crippen molar-refractivity contribution in [2.75, 3.05) is 33.0 Å². The van der Waals surface area contributed by atoms with E-state index in [1.807, 2.05) is 0 Å². The molecule has 2 rings (SSSR count). The molecule has 75 heavy (non-hydrogen) atoms. The molecule has 0 aromatic rings. The molecule has 0 radical (unpaired) electrons. The van der Waals surface area contributed by atoms with Crippen LogP contribution in [0.3, 0.4) is 0 Å². The molecule has 2 aliphatic heterocycles. The largest absolute Gasteiger partial charge is 0.457 e. The van der Waals surface area contributed by atoms with Crippen LogP contribution in [0.4, 0.5) is 0 Å². The van der Waals surface area contributed by atoms with Gasteiger partial charge in [-0.25, -0.2) is 0 Å². The van der Waals surface area contributed by atoms with Gasteiger partial charge in [-0.05, 0) is 12.8 Å². The number of hydrogen-bond donors (Lipinski definition) is 7. The summed E-state index contributed by atoms with van der Waals surface area (Å²) < 4.78 is 34.5. The molecule has 0 bridgehead atoms. The van der Waals surface area contributed by atoms with Crippen molar-refractivity contribution in [1.82, 2.24) is 0 Å². The third-order valence-electron chi connectivity index (χ3n) is 15.6. The Morgan fingerprint density at radius 1 is 0.387 bits per heavy atom. The van der Waals surface area contributed by atoms with Gasteiger partial charge in [-0.15, -0.1) is 0 Å². The highest BCUT2D eigenvalue weighted by Gasteiger charge is 2.47. The number of esters is 1. The van der Waals surface area contributed by atoms with E-state index >= 15 is 0 Å². The van der Waals surface area contributed by atoms with Crippen LogP contribution in [0.2, 0.25) is 0 Å². The molecule has 0 aromatic heterocycles. The number of aliphatic hydroxyl groups is 7. The van der Waals surface area contributed by atoms with Gasteiger partial charge < -0.3 is 64.2 Å². The Labute approximate surface area is 457 Å². The Bertz CT molecular complexity index is 1250. The third-order valence-corrected chi connectivity index (χ3v) is 15.6. The van der Waals surface area contributed by atoms with Gasteiger partial charge >= 0.3 is 5.97 Å². The number of unbranched alkanes of at least 4 members (excludes halogenated alkanes) is 39. The van der Waals surface area contributed by atoms with E-state index in [4.69, 9.17) is 28.4 Å². The predicted octanol–water partition coefficient (Wildman–Crippen LogP) is 12.0. The number of ether oxygens (including phenoxy) is 6. The minimum absolute atomic E-state index is 0.0712. The van der Waals surface area contributed by atoms with Crippen LogP contribution in [0.1, 0.15) is 284 Å². The summed E-state index contributed by atoms with van der Waals surface area (Å²) in [6, 6.07) is 0. The van der Waals surface area contributed by atoms with E-state index in [1.54, 1.807) is 0 Å². The van der Waals surface area contributed by atoms with Crippen molar-refractivity contribution >= 4 is 5.97 Å². The number of hydrogen-bond acceptors (Lipinski definition) is 14. The molecule has 0 aromatic carbocycles. The van der Waals surface area contributed by atoms with Crippen LogP contribution in [-0.2, 0) is 33.2 Å². The quantitative estimate of drug-likeness (QED) is 0.0223. The monoisotopic (exact) mass is 1070 g/mol. The molecular weight excluding hydrogens is 957 g/mol. The Hall–Kier alpha value is -1.01. The molecule has 14 heteroatoms. The molecule has 11 atom stereocenters. The molecule has 0 aliphatic carbocycles. The van der Waals surface area contributed by atoms with Crippen LogP contribution in [0, 0.1) is 0 Å². The fraction of sp³-hybridized carbons (Fsp3) is 0.984. The lowest BCUT2D eigenvalue weighted by molar-refractivity contribution is -0.332. The van der Waals surface area contributed by atoms with Crippen LogP contribution in [-0.4, -0.2) is 142 Å². The van der Waals surface area contributed by atoms with Crippen molar-refractivity contribution in [3.05, 3.63) is 0 Å². The Balaban J connectivity index is 1.67. The number of carbonyl (C=O) groups excluding carboxylic acids is 1. The van der Waals surface area contributed by atoms with E-state index in [9.17, 15) is 40.5 Å². The first-order chi connectivity index (χ1) is 36.6. The Kier molecular flexibility index (Phi) is 45.7. The molecular formula is C61H118O14. The van der Waals surface area contributed by atoms with E-state index in [2.05, 4.69) is 13.8 Å². The zero-order valence-electron chi connectivity index (χ0n) is 48.1. The lowest BCUT2D eigenvalue weighted by Gasteiger charge is -2.42. The highest BCUT2D eigenvalue weighted by Crippen LogP contribution is 2.27. The maximum absolute atomic E-state index is 13.1. The topological polar surface area (TPSA) is 214 Å². The van der Waals surface area contributed by atoms with Crippen molar-refractivity contribution < 1.29 is 69.0 Å². The number of carbonyl (C=O) groups is 1. The number of aliphatic hydroxyl groups excluding tert-OH is 7. The van der Waals surface area contributed by atoms with Crippen molar-refractivity contribution in [3.63, 3.8) is 0 Å². The second kappa shape index (κ2) is 48.9. The van der Waals surface area contributed by atoms with Crippen LogP contribution in [0.15, 0.2) is 0 Å². The summed E-state index contributed by atoms with van der Waals surface area (Å²) in [4.78, 5) is 13.1. The zero-order chi connectivity index (χ0) is 54.4. The first-order valence-electron chi connectivity index (χ1n) is 31.6. The first kappa shape index (κ1) is 70.1. The maximum Gasteiger partial charge on any atom is 0.306 e. The molecule has 7 N–H and O–H groups in total. The van der Waals surface area contributed by atoms with E-state index in [0.717, 1.165) is 44.9 Å². The SMILES string of the molecule is CCCCCCCCCCCCCCCCCCCCCCCCC(=O)OC(COCCCCCCCCCCCCCCCCCCCCC)COC1OC(COC2OC(CO)C(O)C(O)C2O)C(O)C(O)C1O. The summed E-state index contributed by atoms with van der Waals surface area (Å²) in [5.41, 5.74) is 0. The minimum atomic E-state index is -1.70. The van der Waals surface area contributed by atoms with E-state index < -0.39 is 80.7 Å². The van der Waals surface area contributed by atoms with Crippen molar-refractivity contribution in [3.8, 4) is 0 Å². The summed E-state index contributed by atoms with van der Waals surface area (Å²) in [6.45, 7) is 3.78. The maximum atomic E-state index is 13.1. The van der Waals surface area contributed by atoms with Crippen LogP contribution < -0.4 is 0 Å². The summed E-state index contributed by atoms with van der Waals surface area (Å²) in [6.07, 6.45) is 37.4. The molecule has 14 nitrogen and oxygen atoms in total. The molecule has 2 saturated heterocycles. The molecule has 2 fully saturated rings. The van der Waals surface area contributed by atoms with Gasteiger partial charge in [-0.2, -0.15) is 0 Å². The fourth-order valence-corrected chi connectivity index (χ4v) is 10.5. The fourth-order valence-electron chi connectivity index (χ4n) is 10.5. The normalized spacial score (nSPS) is 24.5. The highest BCUT2D eigenvalue weighted by molar-refractivity contribution is 5.69. The lowest BCUT2D eigenvalue weighted by atomic mass is 9.98. The van der Waals surface area contributed by atoms with Gasteiger partial charge in [0.05, 0.1) is 26.4 Å². The summed E-state index contributed by atoms with van der Waals surface area (Å²) in [5.74, 6) is -0.366. The van der Waals surface area contributed by atoms with Gasteiger partial charge in [-0.3, -0.25) is 4.79 Å². The first-order valence-corrected chi connectivity index (χ1v) is 31.6. The van der Waals surface area contributed by atoms with Crippen molar-refractivity contribution in [2.45, 2.75) is 351 Å². The second-order valence-electron chi connectivity index (χ2n) is 22.6. The van der Waals surface area contributed by atoms with Crippen molar-refractivity contribution in [2.24, 2.45) is 0 Å². The van der Waals surface area contributed by atoms with Crippen LogP contribution in [0.25, 0.3) is 0 Å². The molecule has 0 spiro atoms. The summed E-state index contributed by atoms with van der Waals surface area (Å²) in [5, 5.41) is 72.4. The summed E-state index contributed by atoms with van der Waals surface area (Å²) in [7, 11) is 0. The van der Waals surface area contributed by atoms with E-state index in [-0.39, 0.29) is 25.6 Å². The smallest absolute Gasteiger partial charge is 0.306 e. The van der Waals surface area contributed by atoms with Gasteiger partial charge in [0.2, 0.25) is 0 Å². The minimum Gasteiger partial charge on any atom is -0.457 e. The second-order valence-corrected chi connectivity index (χ2v) is 22.6. The van der Waals surface area contributed by atoms with Crippen LogP contribution >= 0.6 is 0 Å². The third kappa shape index (κ3) is 35.4. The molecule has 11 unspecified atom stereocenters. The van der Waals surface area contributed by atoms with Gasteiger partial charge in [0.15, 0.2) is 12.6 Å². The van der Waals surface area contributed by atoms with Gasteiger partial charge in [0, 0.05) is 13.0 Å². The van der Waals surface area contributed by atoms with Gasteiger partial charge in [0.1, 0.15) is 54.9 Å². The highest BCUT2D eigenvalue weighted by atomic mass is 16.7. The van der Waals surface area contributed by atoms with Crippen molar-refractivity contribution in [1.29, 1.82) is 0 Å². The molecule has 0 amide bonds. The van der Waals surface area contributed by atoms with Crippen LogP contribution in [0.5, 0.6) is 0 Å². The van der Waals surface area contributed by atoms with Gasteiger partial charge in [-0.1, -0.05) is 264 Å². The average molecular weight is 1080 g/mol.